The highest BCUT2D eigenvalue weighted by atomic mass is 16.6. The van der Waals surface area contributed by atoms with Crippen molar-refractivity contribution in [3.05, 3.63) is 0 Å². The van der Waals surface area contributed by atoms with Crippen molar-refractivity contribution in [1.82, 2.24) is 0 Å². The number of carbonyl (C=O) groups is 2. The summed E-state index contributed by atoms with van der Waals surface area (Å²) in [4.78, 5) is 20.7. The number of esters is 1. The molecule has 1 aliphatic rings. The molecule has 1 saturated heterocycles. The summed E-state index contributed by atoms with van der Waals surface area (Å²) in [7, 11) is 0. The minimum atomic E-state index is -0.465. The van der Waals surface area contributed by atoms with Gasteiger partial charge in [0.05, 0.1) is 13.0 Å². The summed E-state index contributed by atoms with van der Waals surface area (Å²) in [5, 5.41) is 8.69. The molecular formula is C7H10O4. The van der Waals surface area contributed by atoms with Crippen LogP contribution in [0.25, 0.3) is 0 Å². The van der Waals surface area contributed by atoms with Gasteiger partial charge in [0.2, 0.25) is 0 Å². The van der Waals surface area contributed by atoms with Crippen LogP contribution < -0.4 is 0 Å². The monoisotopic (exact) mass is 158 g/mol. The second kappa shape index (κ2) is 3.48. The molecule has 0 bridgehead atoms. The van der Waals surface area contributed by atoms with Gasteiger partial charge in [-0.25, -0.2) is 0 Å². The lowest BCUT2D eigenvalue weighted by atomic mass is 9.99. The lowest BCUT2D eigenvalue weighted by Gasteiger charge is -2.10. The smallest absolute Gasteiger partial charge is 0.306 e. The number of hydrogen-bond donors (Lipinski definition) is 1. The molecule has 62 valence electrons. The second-order valence-corrected chi connectivity index (χ2v) is 2.58. The van der Waals surface area contributed by atoms with Crippen LogP contribution in [0.5, 0.6) is 0 Å². The average Bonchev–Trinajstić information content (AvgIpc) is 2.32. The van der Waals surface area contributed by atoms with E-state index in [-0.39, 0.29) is 31.3 Å². The molecule has 2 atom stereocenters. The van der Waals surface area contributed by atoms with Crippen LogP contribution in [0.1, 0.15) is 12.8 Å². The maximum Gasteiger partial charge on any atom is 0.306 e. The van der Waals surface area contributed by atoms with Gasteiger partial charge in [0.1, 0.15) is 12.4 Å². The van der Waals surface area contributed by atoms with Gasteiger partial charge < -0.3 is 14.6 Å². The molecule has 0 aromatic heterocycles. The zero-order valence-corrected chi connectivity index (χ0v) is 6.03. The predicted molar refractivity (Wildman–Crippen MR) is 35.8 cm³/mol. The first-order valence-electron chi connectivity index (χ1n) is 3.52. The molecular weight excluding hydrogens is 148 g/mol. The molecule has 1 rings (SSSR count). The van der Waals surface area contributed by atoms with Crippen molar-refractivity contribution in [3.8, 4) is 0 Å². The molecule has 4 nitrogen and oxygen atoms in total. The van der Waals surface area contributed by atoms with E-state index in [0.29, 0.717) is 0 Å². The average molecular weight is 158 g/mol. The molecule has 0 saturated carbocycles. The zero-order valence-electron chi connectivity index (χ0n) is 6.03. The van der Waals surface area contributed by atoms with Gasteiger partial charge in [-0.15, -0.1) is 0 Å². The first-order chi connectivity index (χ1) is 5.27. The molecule has 1 N–H and O–H groups in total. The topological polar surface area (TPSA) is 63.6 Å². The van der Waals surface area contributed by atoms with Crippen molar-refractivity contribution >= 4 is 12.3 Å². The number of aliphatic hydroxyl groups is 1. The Kier molecular flexibility index (Phi) is 2.59. The summed E-state index contributed by atoms with van der Waals surface area (Å²) in [6.07, 6.45) is 0.823. The summed E-state index contributed by atoms with van der Waals surface area (Å²) < 4.78 is 4.73. The van der Waals surface area contributed by atoms with Crippen LogP contribution in [0.4, 0.5) is 0 Å². The fourth-order valence-corrected chi connectivity index (χ4v) is 1.20. The fraction of sp³-hybridized carbons (Fsp3) is 0.714. The third kappa shape index (κ3) is 1.77. The predicted octanol–water partition coefficient (Wildman–Crippen LogP) is -0.501. The molecule has 0 spiro atoms. The van der Waals surface area contributed by atoms with Crippen molar-refractivity contribution in [2.75, 3.05) is 6.61 Å². The fourth-order valence-electron chi connectivity index (χ4n) is 1.20. The van der Waals surface area contributed by atoms with Crippen LogP contribution in [-0.4, -0.2) is 30.1 Å². The van der Waals surface area contributed by atoms with Gasteiger partial charge in [-0.05, 0) is 0 Å². The van der Waals surface area contributed by atoms with Crippen LogP contribution in [0, 0.1) is 5.92 Å². The minimum absolute atomic E-state index is 0.120. The van der Waals surface area contributed by atoms with Crippen molar-refractivity contribution in [3.63, 3.8) is 0 Å². The second-order valence-electron chi connectivity index (χ2n) is 2.58. The van der Waals surface area contributed by atoms with Gasteiger partial charge in [0, 0.05) is 12.3 Å². The van der Waals surface area contributed by atoms with E-state index in [1.165, 1.54) is 0 Å². The molecule has 1 heterocycles. The largest absolute Gasteiger partial charge is 0.460 e. The van der Waals surface area contributed by atoms with Crippen LogP contribution >= 0.6 is 0 Å². The third-order valence-corrected chi connectivity index (χ3v) is 1.82. The molecule has 11 heavy (non-hydrogen) atoms. The summed E-state index contributed by atoms with van der Waals surface area (Å²) in [5.74, 6) is -0.444. The first-order valence-corrected chi connectivity index (χ1v) is 3.52. The van der Waals surface area contributed by atoms with Crippen molar-refractivity contribution in [2.45, 2.75) is 18.9 Å². The number of ether oxygens (including phenoxy) is 1. The third-order valence-electron chi connectivity index (χ3n) is 1.82. The van der Waals surface area contributed by atoms with Gasteiger partial charge in [-0.2, -0.15) is 0 Å². The Hall–Kier alpha value is -0.900. The lowest BCUT2D eigenvalue weighted by Crippen LogP contribution is -2.20. The van der Waals surface area contributed by atoms with Gasteiger partial charge in [0.25, 0.3) is 0 Å². The van der Waals surface area contributed by atoms with Crippen LogP contribution in [0.3, 0.4) is 0 Å². The van der Waals surface area contributed by atoms with E-state index in [1.807, 2.05) is 0 Å². The van der Waals surface area contributed by atoms with Gasteiger partial charge in [0.15, 0.2) is 0 Å². The molecule has 0 unspecified atom stereocenters. The Morgan fingerprint density at radius 2 is 2.45 bits per heavy atom. The molecule has 0 radical (unpaired) electrons. The Labute approximate surface area is 64.2 Å². The molecule has 0 amide bonds. The quantitative estimate of drug-likeness (QED) is 0.444. The molecule has 1 aliphatic heterocycles. The lowest BCUT2D eigenvalue weighted by molar-refractivity contribution is -0.143. The number of rotatable bonds is 3. The van der Waals surface area contributed by atoms with Gasteiger partial charge >= 0.3 is 5.97 Å². The molecule has 0 aromatic rings. The molecule has 1 fully saturated rings. The van der Waals surface area contributed by atoms with Gasteiger partial charge in [-0.3, -0.25) is 4.79 Å². The standard InChI is InChI=1S/C7H10O4/c8-2-1-5-3-7(10)11-6(5)4-9/h2,5-6,9H,1,3-4H2/t5-,6-/m1/s1. The van der Waals surface area contributed by atoms with Crippen molar-refractivity contribution in [2.24, 2.45) is 5.92 Å². The number of aldehydes is 1. The Bertz CT molecular complexity index is 166. The van der Waals surface area contributed by atoms with E-state index in [1.54, 1.807) is 0 Å². The summed E-state index contributed by atoms with van der Waals surface area (Å²) >= 11 is 0. The minimum Gasteiger partial charge on any atom is -0.460 e. The van der Waals surface area contributed by atoms with Crippen LogP contribution in [0.15, 0.2) is 0 Å². The molecule has 0 aromatic carbocycles. The molecule has 4 heteroatoms. The van der Waals surface area contributed by atoms with Gasteiger partial charge in [-0.1, -0.05) is 0 Å². The van der Waals surface area contributed by atoms with Crippen molar-refractivity contribution < 1.29 is 19.4 Å². The van der Waals surface area contributed by atoms with E-state index in [4.69, 9.17) is 9.84 Å². The highest BCUT2D eigenvalue weighted by Gasteiger charge is 2.33. The zero-order chi connectivity index (χ0) is 8.27. The van der Waals surface area contributed by atoms with E-state index in [9.17, 15) is 9.59 Å². The number of carbonyl (C=O) groups excluding carboxylic acids is 2. The van der Waals surface area contributed by atoms with Crippen LogP contribution in [-0.2, 0) is 14.3 Å². The highest BCUT2D eigenvalue weighted by Crippen LogP contribution is 2.23. The SMILES string of the molecule is O=CC[C@@H]1CC(=O)O[C@@H]1CO. The highest BCUT2D eigenvalue weighted by molar-refractivity contribution is 5.72. The number of aliphatic hydroxyl groups excluding tert-OH is 1. The summed E-state index contributed by atoms with van der Waals surface area (Å²) in [6.45, 7) is -0.190. The summed E-state index contributed by atoms with van der Waals surface area (Å²) in [5.41, 5.74) is 0. The van der Waals surface area contributed by atoms with E-state index in [0.717, 1.165) is 6.29 Å². The van der Waals surface area contributed by atoms with E-state index < -0.39 is 6.10 Å². The van der Waals surface area contributed by atoms with Crippen LogP contribution in [0.2, 0.25) is 0 Å². The number of hydrogen-bond acceptors (Lipinski definition) is 4. The Morgan fingerprint density at radius 3 is 3.00 bits per heavy atom. The maximum atomic E-state index is 10.6. The van der Waals surface area contributed by atoms with E-state index >= 15 is 0 Å². The normalized spacial score (nSPS) is 30.1. The Morgan fingerprint density at radius 1 is 1.73 bits per heavy atom. The molecule has 0 aliphatic carbocycles. The first kappa shape index (κ1) is 8.20. The van der Waals surface area contributed by atoms with Crippen molar-refractivity contribution in [1.29, 1.82) is 0 Å². The van der Waals surface area contributed by atoms with E-state index in [2.05, 4.69) is 0 Å². The Balaban J connectivity index is 2.49. The maximum absolute atomic E-state index is 10.6. The summed E-state index contributed by atoms with van der Waals surface area (Å²) in [6, 6.07) is 0. The number of cyclic esters (lactones) is 1.